The molecule has 25 heavy (non-hydrogen) atoms. The molecule has 1 aromatic rings. The molecule has 1 aliphatic heterocycles. The summed E-state index contributed by atoms with van der Waals surface area (Å²) in [6, 6.07) is 3.93. The minimum absolute atomic E-state index is 0.130. The fraction of sp³-hybridized carbons (Fsp3) is 0.632. The van der Waals surface area contributed by atoms with Crippen molar-refractivity contribution in [1.29, 1.82) is 0 Å². The second-order valence-corrected chi connectivity index (χ2v) is 6.63. The smallest absolute Gasteiger partial charge is 0.222 e. The van der Waals surface area contributed by atoms with E-state index in [9.17, 15) is 4.79 Å². The van der Waals surface area contributed by atoms with Crippen molar-refractivity contribution in [3.63, 3.8) is 0 Å². The number of hydrogen-bond acceptors (Lipinski definition) is 5. The first-order chi connectivity index (χ1) is 12.0. The number of nitrogens with two attached hydrogens (primary N) is 1. The topological polar surface area (TPSA) is 74.0 Å². The molecular formula is C19H30N2O4. The zero-order valence-corrected chi connectivity index (χ0v) is 15.7. The molecule has 2 rings (SSSR count). The van der Waals surface area contributed by atoms with E-state index in [1.54, 1.807) is 21.3 Å². The van der Waals surface area contributed by atoms with Gasteiger partial charge in [0.1, 0.15) is 0 Å². The number of rotatable bonds is 7. The van der Waals surface area contributed by atoms with Crippen molar-refractivity contribution in [3.05, 3.63) is 17.7 Å². The molecule has 2 N–H and O–H groups in total. The van der Waals surface area contributed by atoms with Gasteiger partial charge in [-0.15, -0.1) is 0 Å². The van der Waals surface area contributed by atoms with Crippen LogP contribution in [0.1, 0.15) is 31.7 Å². The van der Waals surface area contributed by atoms with Crippen molar-refractivity contribution < 1.29 is 19.0 Å². The summed E-state index contributed by atoms with van der Waals surface area (Å²) in [5.41, 5.74) is 7.00. The number of aryl methyl sites for hydroxylation is 1. The van der Waals surface area contributed by atoms with Crippen molar-refractivity contribution in [1.82, 2.24) is 4.90 Å². The molecule has 2 atom stereocenters. The molecule has 2 unspecified atom stereocenters. The molecule has 1 fully saturated rings. The van der Waals surface area contributed by atoms with Gasteiger partial charge in [-0.2, -0.15) is 0 Å². The molecule has 0 saturated carbocycles. The number of benzene rings is 1. The molecule has 0 aliphatic carbocycles. The molecule has 6 heteroatoms. The number of methoxy groups -OCH3 is 3. The van der Waals surface area contributed by atoms with E-state index in [1.807, 2.05) is 24.0 Å². The number of hydrogen-bond donors (Lipinski definition) is 1. The number of amides is 1. The highest BCUT2D eigenvalue weighted by Gasteiger charge is 2.25. The van der Waals surface area contributed by atoms with Gasteiger partial charge in [-0.1, -0.05) is 0 Å². The third-order valence-corrected chi connectivity index (χ3v) is 4.91. The van der Waals surface area contributed by atoms with E-state index < -0.39 is 0 Å². The van der Waals surface area contributed by atoms with Gasteiger partial charge in [-0.3, -0.25) is 4.79 Å². The molecule has 1 aliphatic rings. The summed E-state index contributed by atoms with van der Waals surface area (Å²) in [4.78, 5) is 14.5. The summed E-state index contributed by atoms with van der Waals surface area (Å²) in [5.74, 6) is 2.37. The van der Waals surface area contributed by atoms with Crippen LogP contribution < -0.4 is 19.9 Å². The normalized spacial score (nSPS) is 18.6. The standard InChI is InChI=1S/C19H30N2O4/c1-13(20)15-6-5-9-21(12-15)18(22)8-7-14-10-16(23-2)19(25-4)17(11-14)24-3/h10-11,13,15H,5-9,12,20H2,1-4H3. The van der Waals surface area contributed by atoms with Gasteiger partial charge in [-0.05, 0) is 49.8 Å². The average molecular weight is 350 g/mol. The van der Waals surface area contributed by atoms with Crippen molar-refractivity contribution in [2.24, 2.45) is 11.7 Å². The molecule has 0 radical (unpaired) electrons. The van der Waals surface area contributed by atoms with Crippen molar-refractivity contribution in [3.8, 4) is 17.2 Å². The van der Waals surface area contributed by atoms with E-state index >= 15 is 0 Å². The molecule has 0 bridgehead atoms. The lowest BCUT2D eigenvalue weighted by Crippen LogP contribution is -2.45. The summed E-state index contributed by atoms with van der Waals surface area (Å²) in [6.07, 6.45) is 3.23. The quantitative estimate of drug-likeness (QED) is 0.816. The van der Waals surface area contributed by atoms with Crippen LogP contribution in [0.4, 0.5) is 0 Å². The van der Waals surface area contributed by atoms with Gasteiger partial charge in [0.2, 0.25) is 11.7 Å². The average Bonchev–Trinajstić information content (AvgIpc) is 2.64. The number of ether oxygens (including phenoxy) is 3. The predicted octanol–water partition coefficient (Wildman–Crippen LogP) is 2.23. The van der Waals surface area contributed by atoms with Crippen LogP contribution in [0.15, 0.2) is 12.1 Å². The number of carbonyl (C=O) groups excluding carboxylic acids is 1. The Morgan fingerprint density at radius 3 is 2.40 bits per heavy atom. The minimum Gasteiger partial charge on any atom is -0.493 e. The fourth-order valence-corrected chi connectivity index (χ4v) is 3.35. The van der Waals surface area contributed by atoms with E-state index in [-0.39, 0.29) is 11.9 Å². The first-order valence-electron chi connectivity index (χ1n) is 8.82. The number of nitrogens with zero attached hydrogens (tertiary/aromatic N) is 1. The lowest BCUT2D eigenvalue weighted by molar-refractivity contribution is -0.133. The Labute approximate surface area is 150 Å². The van der Waals surface area contributed by atoms with Crippen LogP contribution in [0.2, 0.25) is 0 Å². The van der Waals surface area contributed by atoms with E-state index in [4.69, 9.17) is 19.9 Å². The van der Waals surface area contributed by atoms with Crippen LogP contribution in [0.5, 0.6) is 17.2 Å². The molecule has 6 nitrogen and oxygen atoms in total. The van der Waals surface area contributed by atoms with Gasteiger partial charge in [0.15, 0.2) is 11.5 Å². The first-order valence-corrected chi connectivity index (χ1v) is 8.82. The van der Waals surface area contributed by atoms with Gasteiger partial charge in [0.25, 0.3) is 0 Å². The number of carbonyl (C=O) groups is 1. The molecule has 1 aromatic carbocycles. The lowest BCUT2D eigenvalue weighted by Gasteiger charge is -2.34. The van der Waals surface area contributed by atoms with Gasteiger partial charge in [0.05, 0.1) is 21.3 Å². The number of piperidine rings is 1. The summed E-state index contributed by atoms with van der Waals surface area (Å²) >= 11 is 0. The largest absolute Gasteiger partial charge is 0.493 e. The maximum atomic E-state index is 12.6. The Kier molecular flexibility index (Phi) is 6.93. The molecule has 1 saturated heterocycles. The fourth-order valence-electron chi connectivity index (χ4n) is 3.35. The number of likely N-dealkylation sites (tertiary alicyclic amines) is 1. The van der Waals surface area contributed by atoms with E-state index in [0.29, 0.717) is 36.0 Å². The first kappa shape index (κ1) is 19.4. The molecule has 1 heterocycles. The maximum Gasteiger partial charge on any atom is 0.222 e. The van der Waals surface area contributed by atoms with Crippen LogP contribution in [0.3, 0.4) is 0 Å². The second-order valence-electron chi connectivity index (χ2n) is 6.63. The van der Waals surface area contributed by atoms with Crippen molar-refractivity contribution in [2.75, 3.05) is 34.4 Å². The minimum atomic E-state index is 0.130. The third kappa shape index (κ3) is 4.78. The molecule has 0 spiro atoms. The summed E-state index contributed by atoms with van der Waals surface area (Å²) in [5, 5.41) is 0. The van der Waals surface area contributed by atoms with Crippen LogP contribution in [-0.2, 0) is 11.2 Å². The van der Waals surface area contributed by atoms with Gasteiger partial charge in [0, 0.05) is 25.6 Å². The Morgan fingerprint density at radius 2 is 1.88 bits per heavy atom. The highest BCUT2D eigenvalue weighted by molar-refractivity contribution is 5.76. The Balaban J connectivity index is 2.02. The monoisotopic (exact) mass is 350 g/mol. The molecule has 0 aromatic heterocycles. The van der Waals surface area contributed by atoms with Crippen LogP contribution in [0.25, 0.3) is 0 Å². The van der Waals surface area contributed by atoms with Gasteiger partial charge < -0.3 is 24.8 Å². The molecular weight excluding hydrogens is 320 g/mol. The van der Waals surface area contributed by atoms with E-state index in [0.717, 1.165) is 31.5 Å². The zero-order valence-electron chi connectivity index (χ0n) is 15.7. The van der Waals surface area contributed by atoms with E-state index in [1.165, 1.54) is 0 Å². The van der Waals surface area contributed by atoms with Gasteiger partial charge in [-0.25, -0.2) is 0 Å². The second kappa shape index (κ2) is 8.94. The highest BCUT2D eigenvalue weighted by Crippen LogP contribution is 2.38. The Morgan fingerprint density at radius 1 is 1.24 bits per heavy atom. The maximum absolute atomic E-state index is 12.6. The van der Waals surface area contributed by atoms with Crippen LogP contribution in [-0.4, -0.2) is 51.3 Å². The molecule has 140 valence electrons. The molecule has 1 amide bonds. The summed E-state index contributed by atoms with van der Waals surface area (Å²) < 4.78 is 16.1. The Bertz CT molecular complexity index is 564. The predicted molar refractivity (Wildman–Crippen MR) is 97.4 cm³/mol. The van der Waals surface area contributed by atoms with Crippen LogP contribution >= 0.6 is 0 Å². The highest BCUT2D eigenvalue weighted by atomic mass is 16.5. The lowest BCUT2D eigenvalue weighted by atomic mass is 9.92. The van der Waals surface area contributed by atoms with Gasteiger partial charge >= 0.3 is 0 Å². The van der Waals surface area contributed by atoms with Crippen LogP contribution in [0, 0.1) is 5.92 Å². The SMILES string of the molecule is COc1cc(CCC(=O)N2CCCC(C(C)N)C2)cc(OC)c1OC. The van der Waals surface area contributed by atoms with Crippen molar-refractivity contribution in [2.45, 2.75) is 38.6 Å². The third-order valence-electron chi connectivity index (χ3n) is 4.91. The zero-order chi connectivity index (χ0) is 18.4. The van der Waals surface area contributed by atoms with Crippen molar-refractivity contribution >= 4 is 5.91 Å². The summed E-state index contributed by atoms with van der Waals surface area (Å²) in [7, 11) is 4.76. The Hall–Kier alpha value is -1.95. The van der Waals surface area contributed by atoms with E-state index in [2.05, 4.69) is 0 Å². The summed E-state index contributed by atoms with van der Waals surface area (Å²) in [6.45, 7) is 3.62.